The van der Waals surface area contributed by atoms with Gasteiger partial charge in [0.1, 0.15) is 5.75 Å². The molecule has 1 heterocycles. The van der Waals surface area contributed by atoms with E-state index >= 15 is 0 Å². The molecule has 5 heteroatoms. The Morgan fingerprint density at radius 3 is 2.70 bits per heavy atom. The van der Waals surface area contributed by atoms with Crippen LogP contribution < -0.4 is 10.3 Å². The molecule has 0 saturated heterocycles. The normalized spacial score (nSPS) is 14.2. The molecular weight excluding hydrogens is 272 g/mol. The van der Waals surface area contributed by atoms with Crippen LogP contribution in [-0.4, -0.2) is 16.9 Å². The molecule has 1 saturated carbocycles. The molecule has 20 heavy (non-hydrogen) atoms. The Morgan fingerprint density at radius 2 is 2.10 bits per heavy atom. The quantitative estimate of drug-likeness (QED) is 0.794. The van der Waals surface area contributed by atoms with Gasteiger partial charge < -0.3 is 4.74 Å². The summed E-state index contributed by atoms with van der Waals surface area (Å²) in [4.78, 5) is 12.8. The van der Waals surface area contributed by atoms with Crippen molar-refractivity contribution in [2.24, 2.45) is 0 Å². The van der Waals surface area contributed by atoms with E-state index in [4.69, 9.17) is 4.74 Å². The van der Waals surface area contributed by atoms with Gasteiger partial charge in [0.2, 0.25) is 0 Å². The predicted octanol–water partition coefficient (Wildman–Crippen LogP) is 2.88. The van der Waals surface area contributed by atoms with Gasteiger partial charge in [-0.3, -0.25) is 4.79 Å². The largest absolute Gasteiger partial charge is 0.497 e. The summed E-state index contributed by atoms with van der Waals surface area (Å²) in [6.45, 7) is 0. The molecule has 0 aliphatic heterocycles. The van der Waals surface area contributed by atoms with Crippen LogP contribution in [0.15, 0.2) is 46.2 Å². The lowest BCUT2D eigenvalue weighted by Gasteiger charge is -2.05. The van der Waals surface area contributed by atoms with Crippen molar-refractivity contribution in [3.63, 3.8) is 0 Å². The zero-order chi connectivity index (χ0) is 13.9. The molecule has 0 spiro atoms. The fraction of sp³-hybridized carbons (Fsp3) is 0.333. The highest BCUT2D eigenvalue weighted by Crippen LogP contribution is 2.32. The zero-order valence-corrected chi connectivity index (χ0v) is 12.1. The molecule has 104 valence electrons. The molecule has 0 N–H and O–H groups in total. The minimum atomic E-state index is 0.00670. The van der Waals surface area contributed by atoms with E-state index in [0.29, 0.717) is 6.04 Å². The first kappa shape index (κ1) is 13.2. The third-order valence-electron chi connectivity index (χ3n) is 3.26. The zero-order valence-electron chi connectivity index (χ0n) is 11.3. The molecule has 1 fully saturated rings. The van der Waals surface area contributed by atoms with E-state index in [0.717, 1.165) is 29.2 Å². The molecule has 4 nitrogen and oxygen atoms in total. The predicted molar refractivity (Wildman–Crippen MR) is 79.3 cm³/mol. The lowest BCUT2D eigenvalue weighted by molar-refractivity contribution is 0.414. The molecule has 0 atom stereocenters. The second-order valence-corrected chi connectivity index (χ2v) is 5.89. The number of rotatable bonds is 5. The summed E-state index contributed by atoms with van der Waals surface area (Å²) in [6, 6.07) is 9.97. The highest BCUT2D eigenvalue weighted by molar-refractivity contribution is 7.98. The van der Waals surface area contributed by atoms with Crippen LogP contribution >= 0.6 is 11.8 Å². The first-order chi connectivity index (χ1) is 9.76. The molecule has 1 aromatic heterocycles. The van der Waals surface area contributed by atoms with Crippen LogP contribution in [0.3, 0.4) is 0 Å². The van der Waals surface area contributed by atoms with E-state index < -0.39 is 0 Å². The first-order valence-corrected chi connectivity index (χ1v) is 7.59. The van der Waals surface area contributed by atoms with E-state index in [9.17, 15) is 4.79 Å². The standard InChI is InChI=1S/C15H16N2O2S/c1-19-13-6-2-11(3-7-13)10-20-14-8-15(18)17(16-9-14)12-4-5-12/h2-3,6-9,12H,4-5,10H2,1H3. The number of thioether (sulfide) groups is 1. The van der Waals surface area contributed by atoms with Gasteiger partial charge in [0.05, 0.1) is 19.3 Å². The second-order valence-electron chi connectivity index (χ2n) is 4.84. The van der Waals surface area contributed by atoms with E-state index in [2.05, 4.69) is 5.10 Å². The van der Waals surface area contributed by atoms with Crippen LogP contribution in [0.25, 0.3) is 0 Å². The van der Waals surface area contributed by atoms with Crippen LogP contribution in [0.1, 0.15) is 24.4 Å². The van der Waals surface area contributed by atoms with Gasteiger partial charge >= 0.3 is 0 Å². The SMILES string of the molecule is COc1ccc(CSc2cnn(C3CC3)c(=O)c2)cc1. The van der Waals surface area contributed by atoms with Crippen molar-refractivity contribution in [3.8, 4) is 5.75 Å². The Balaban J connectivity index is 1.65. The third-order valence-corrected chi connectivity index (χ3v) is 4.29. The summed E-state index contributed by atoms with van der Waals surface area (Å²) in [6.07, 6.45) is 3.93. The van der Waals surface area contributed by atoms with Crippen molar-refractivity contribution in [1.29, 1.82) is 0 Å². The lowest BCUT2D eigenvalue weighted by atomic mass is 10.2. The number of benzene rings is 1. The van der Waals surface area contributed by atoms with Gasteiger partial charge in [-0.15, -0.1) is 11.8 Å². The molecule has 0 amide bonds. The highest BCUT2D eigenvalue weighted by atomic mass is 32.2. The van der Waals surface area contributed by atoms with E-state index in [-0.39, 0.29) is 5.56 Å². The summed E-state index contributed by atoms with van der Waals surface area (Å²) < 4.78 is 6.72. The third kappa shape index (κ3) is 3.04. The molecule has 0 unspecified atom stereocenters. The molecule has 2 aromatic rings. The van der Waals surface area contributed by atoms with Crippen molar-refractivity contribution in [2.45, 2.75) is 29.5 Å². The summed E-state index contributed by atoms with van der Waals surface area (Å²) in [5, 5.41) is 4.24. The van der Waals surface area contributed by atoms with Crippen LogP contribution in [0.5, 0.6) is 5.75 Å². The van der Waals surface area contributed by atoms with Crippen LogP contribution in [0.2, 0.25) is 0 Å². The number of hydrogen-bond donors (Lipinski definition) is 0. The topological polar surface area (TPSA) is 44.1 Å². The van der Waals surface area contributed by atoms with Crippen molar-refractivity contribution >= 4 is 11.8 Å². The van der Waals surface area contributed by atoms with Gasteiger partial charge in [-0.2, -0.15) is 5.10 Å². The Labute approximate surface area is 121 Å². The number of ether oxygens (including phenoxy) is 1. The van der Waals surface area contributed by atoms with Crippen molar-refractivity contribution in [2.75, 3.05) is 7.11 Å². The Bertz CT molecular complexity index is 648. The molecule has 1 aromatic carbocycles. The fourth-order valence-electron chi connectivity index (χ4n) is 1.96. The van der Waals surface area contributed by atoms with Crippen LogP contribution in [0, 0.1) is 0 Å². The maximum Gasteiger partial charge on any atom is 0.268 e. The second kappa shape index (κ2) is 5.71. The first-order valence-electron chi connectivity index (χ1n) is 6.61. The van der Waals surface area contributed by atoms with Gasteiger partial charge in [-0.1, -0.05) is 12.1 Å². The molecule has 0 radical (unpaired) electrons. The minimum Gasteiger partial charge on any atom is -0.497 e. The highest BCUT2D eigenvalue weighted by Gasteiger charge is 2.25. The van der Waals surface area contributed by atoms with Crippen molar-refractivity contribution in [3.05, 3.63) is 52.4 Å². The van der Waals surface area contributed by atoms with Crippen molar-refractivity contribution in [1.82, 2.24) is 9.78 Å². The van der Waals surface area contributed by atoms with Gasteiger partial charge in [-0.25, -0.2) is 4.68 Å². The summed E-state index contributed by atoms with van der Waals surface area (Å²) >= 11 is 1.63. The minimum absolute atomic E-state index is 0.00670. The smallest absolute Gasteiger partial charge is 0.268 e. The Hall–Kier alpha value is -1.75. The maximum absolute atomic E-state index is 11.9. The molecule has 1 aliphatic carbocycles. The monoisotopic (exact) mass is 288 g/mol. The van der Waals surface area contributed by atoms with Gasteiger partial charge in [0, 0.05) is 16.7 Å². The van der Waals surface area contributed by atoms with E-state index in [1.807, 2.05) is 24.3 Å². The van der Waals surface area contributed by atoms with E-state index in [1.165, 1.54) is 5.56 Å². The molecule has 1 aliphatic rings. The Morgan fingerprint density at radius 1 is 1.35 bits per heavy atom. The molecule has 0 bridgehead atoms. The fourth-order valence-corrected chi connectivity index (χ4v) is 2.79. The van der Waals surface area contributed by atoms with Gasteiger partial charge in [0.15, 0.2) is 0 Å². The molecule has 3 rings (SSSR count). The lowest BCUT2D eigenvalue weighted by Crippen LogP contribution is -2.20. The number of nitrogens with zero attached hydrogens (tertiary/aromatic N) is 2. The van der Waals surface area contributed by atoms with Crippen LogP contribution in [0.4, 0.5) is 0 Å². The number of hydrogen-bond acceptors (Lipinski definition) is 4. The average molecular weight is 288 g/mol. The average Bonchev–Trinajstić information content (AvgIpc) is 3.30. The number of methoxy groups -OCH3 is 1. The summed E-state index contributed by atoms with van der Waals surface area (Å²) in [5.41, 5.74) is 1.20. The Kier molecular flexibility index (Phi) is 3.78. The van der Waals surface area contributed by atoms with Gasteiger partial charge in [-0.05, 0) is 30.5 Å². The van der Waals surface area contributed by atoms with Crippen LogP contribution in [-0.2, 0) is 5.75 Å². The summed E-state index contributed by atoms with van der Waals surface area (Å²) in [5.74, 6) is 1.67. The summed E-state index contributed by atoms with van der Waals surface area (Å²) in [7, 11) is 1.66. The van der Waals surface area contributed by atoms with Crippen molar-refractivity contribution < 1.29 is 4.74 Å². The maximum atomic E-state index is 11.9. The van der Waals surface area contributed by atoms with Gasteiger partial charge in [0.25, 0.3) is 5.56 Å². The van der Waals surface area contributed by atoms with E-state index in [1.54, 1.807) is 35.8 Å². The molecular formula is C15H16N2O2S. The number of aromatic nitrogens is 2.